The number of ether oxygens (including phenoxy) is 2. The van der Waals surface area contributed by atoms with Crippen LogP contribution in [0.1, 0.15) is 62.1 Å². The van der Waals surface area contributed by atoms with Crippen molar-refractivity contribution in [2.24, 2.45) is 0 Å². The van der Waals surface area contributed by atoms with Crippen molar-refractivity contribution in [1.82, 2.24) is 24.8 Å². The highest BCUT2D eigenvalue weighted by Gasteiger charge is 2.43. The third-order valence-electron chi connectivity index (χ3n) is 10.8. The summed E-state index contributed by atoms with van der Waals surface area (Å²) >= 11 is 0.935. The van der Waals surface area contributed by atoms with Gasteiger partial charge in [-0.3, -0.25) is 9.88 Å². The van der Waals surface area contributed by atoms with Gasteiger partial charge in [-0.2, -0.15) is 15.2 Å². The van der Waals surface area contributed by atoms with E-state index in [1.54, 1.807) is 6.92 Å². The lowest BCUT2D eigenvalue weighted by Crippen LogP contribution is -2.55. The van der Waals surface area contributed by atoms with Crippen molar-refractivity contribution < 1.29 is 23.4 Å². The van der Waals surface area contributed by atoms with Crippen LogP contribution in [0.15, 0.2) is 6.20 Å². The Kier molecular flexibility index (Phi) is 8.52. The summed E-state index contributed by atoms with van der Waals surface area (Å²) in [7, 11) is 1.44. The number of halogens is 2. The highest BCUT2D eigenvalue weighted by molar-refractivity contribution is 7.23. The van der Waals surface area contributed by atoms with E-state index < -0.39 is 17.7 Å². The van der Waals surface area contributed by atoms with Gasteiger partial charge in [0.15, 0.2) is 11.6 Å². The summed E-state index contributed by atoms with van der Waals surface area (Å²) in [4.78, 5) is 20.7. The zero-order chi connectivity index (χ0) is 34.0. The second-order valence-electron chi connectivity index (χ2n) is 13.8. The van der Waals surface area contributed by atoms with E-state index >= 15 is 4.39 Å². The number of piperazine rings is 1. The molecule has 11 nitrogen and oxygen atoms in total. The van der Waals surface area contributed by atoms with Crippen LogP contribution < -0.4 is 15.4 Å². The first-order chi connectivity index (χ1) is 23.8. The number of rotatable bonds is 5. The SMILES string of the molecule is C1CC2CCCN2C1.COc1nc(N2C3CCC2CN(CC(C)O)C3)c2c3c(c(-c4ncc(F)c5sc(N)c(C#N)c45)c(F)c2n1)COC3. The molecule has 3 N–H and O–H groups in total. The van der Waals surface area contributed by atoms with Gasteiger partial charge in [-0.1, -0.05) is 0 Å². The average Bonchev–Trinajstić information content (AvgIpc) is 3.91. The van der Waals surface area contributed by atoms with Crippen molar-refractivity contribution in [3.8, 4) is 23.3 Å². The van der Waals surface area contributed by atoms with Crippen LogP contribution in [0.5, 0.6) is 6.01 Å². The minimum Gasteiger partial charge on any atom is -0.467 e. The predicted molar refractivity (Wildman–Crippen MR) is 183 cm³/mol. The molecule has 2 bridgehead atoms. The van der Waals surface area contributed by atoms with Crippen LogP contribution in [0.25, 0.3) is 32.2 Å². The number of nitrogens with two attached hydrogens (primary N) is 1. The maximum absolute atomic E-state index is 16.9. The van der Waals surface area contributed by atoms with Crippen molar-refractivity contribution in [3.63, 3.8) is 0 Å². The van der Waals surface area contributed by atoms with E-state index in [-0.39, 0.29) is 68.7 Å². The highest BCUT2D eigenvalue weighted by atomic mass is 32.1. The number of fused-ring (bicyclic) bond motifs is 7. The topological polar surface area (TPSA) is 137 Å². The van der Waals surface area contributed by atoms with E-state index in [9.17, 15) is 14.8 Å². The molecule has 0 radical (unpaired) electrons. The van der Waals surface area contributed by atoms with Gasteiger partial charge in [-0.25, -0.2) is 8.78 Å². The van der Waals surface area contributed by atoms with E-state index in [0.29, 0.717) is 23.3 Å². The van der Waals surface area contributed by atoms with Gasteiger partial charge in [0.2, 0.25) is 0 Å². The molecule has 0 saturated carbocycles. The molecule has 0 aliphatic carbocycles. The molecule has 14 heteroatoms. The first kappa shape index (κ1) is 32.5. The summed E-state index contributed by atoms with van der Waals surface area (Å²) < 4.78 is 43.1. The lowest BCUT2D eigenvalue weighted by Gasteiger charge is -2.42. The summed E-state index contributed by atoms with van der Waals surface area (Å²) in [5.74, 6) is -0.703. The Morgan fingerprint density at radius 2 is 1.80 bits per heavy atom. The zero-order valence-corrected chi connectivity index (χ0v) is 28.5. The molecular weight excluding hydrogens is 651 g/mol. The summed E-state index contributed by atoms with van der Waals surface area (Å²) in [5, 5.41) is 20.7. The minimum atomic E-state index is -0.666. The Hall–Kier alpha value is -3.74. The number of thiophene rings is 1. The Morgan fingerprint density at radius 1 is 1.08 bits per heavy atom. The number of pyridine rings is 1. The molecule has 4 fully saturated rings. The number of likely N-dealkylation sites (tertiary alicyclic amines) is 1. The van der Waals surface area contributed by atoms with Crippen molar-refractivity contribution in [3.05, 3.63) is 34.5 Å². The van der Waals surface area contributed by atoms with Crippen LogP contribution in [0.4, 0.5) is 19.6 Å². The third kappa shape index (κ3) is 5.47. The normalized spacial score (nSPS) is 22.7. The van der Waals surface area contributed by atoms with Crippen LogP contribution in [-0.4, -0.2) is 93.9 Å². The van der Waals surface area contributed by atoms with Gasteiger partial charge in [0.05, 0.1) is 54.0 Å². The molecule has 3 atom stereocenters. The van der Waals surface area contributed by atoms with Crippen LogP contribution in [0, 0.1) is 23.0 Å². The number of aliphatic hydroxyl groups is 1. The minimum absolute atomic E-state index is 0.0247. The number of β-amino-alcohol motifs (C(OH)–C–C–N with tert-alkyl or cyclic N) is 1. The van der Waals surface area contributed by atoms with E-state index in [1.807, 2.05) is 6.07 Å². The lowest BCUT2D eigenvalue weighted by molar-refractivity contribution is 0.111. The predicted octanol–water partition coefficient (Wildman–Crippen LogP) is 4.96. The van der Waals surface area contributed by atoms with Gasteiger partial charge in [0.1, 0.15) is 22.4 Å². The number of nitrogen functional groups attached to an aromatic ring is 1. The van der Waals surface area contributed by atoms with Gasteiger partial charge in [-0.15, -0.1) is 11.3 Å². The highest BCUT2D eigenvalue weighted by Crippen LogP contribution is 2.48. The molecule has 49 heavy (non-hydrogen) atoms. The molecule has 1 aromatic carbocycles. The molecule has 3 aromatic heterocycles. The van der Waals surface area contributed by atoms with Crippen molar-refractivity contribution in [2.75, 3.05) is 50.5 Å². The second-order valence-corrected chi connectivity index (χ2v) is 14.9. The molecular formula is C35H40F2N8O3S. The quantitative estimate of drug-likeness (QED) is 0.294. The van der Waals surface area contributed by atoms with Crippen molar-refractivity contribution in [2.45, 2.75) is 82.9 Å². The van der Waals surface area contributed by atoms with Gasteiger partial charge in [0.25, 0.3) is 0 Å². The first-order valence-electron chi connectivity index (χ1n) is 17.1. The van der Waals surface area contributed by atoms with E-state index in [0.717, 1.165) is 55.1 Å². The van der Waals surface area contributed by atoms with E-state index in [1.165, 1.54) is 45.9 Å². The number of nitrogens with zero attached hydrogens (tertiary/aromatic N) is 7. The molecule has 9 rings (SSSR count). The van der Waals surface area contributed by atoms with Crippen LogP contribution in [0.3, 0.4) is 0 Å². The monoisotopic (exact) mass is 690 g/mol. The van der Waals surface area contributed by atoms with Crippen LogP contribution in [0.2, 0.25) is 0 Å². The number of benzene rings is 1. The molecule has 4 aromatic rings. The van der Waals surface area contributed by atoms with Crippen LogP contribution in [-0.2, 0) is 18.0 Å². The van der Waals surface area contributed by atoms with E-state index in [4.69, 9.17) is 20.2 Å². The standard InChI is InChI=1S/C28H27F2N7O3S.C7H13N/c1-12(38)7-36-8-13-3-4-14(9-36)37(13)27-21-17-11-40-10-16(17)19(22(30)24(21)34-28(35-27)39-2)23-20-15(5-31)26(32)41-25(20)18(29)6-33-23;1-3-7-4-2-6-8(7)5-1/h6,12-14,38H,3-4,7-11,32H2,1-2H3;7H,1-6H2. The summed E-state index contributed by atoms with van der Waals surface area (Å²) in [6, 6.07) is 3.32. The largest absolute Gasteiger partial charge is 0.467 e. The lowest BCUT2D eigenvalue weighted by atomic mass is 9.93. The molecule has 5 aliphatic rings. The van der Waals surface area contributed by atoms with Gasteiger partial charge in [0, 0.05) is 48.7 Å². The van der Waals surface area contributed by atoms with Crippen LogP contribution >= 0.6 is 11.3 Å². The first-order valence-corrected chi connectivity index (χ1v) is 17.9. The fourth-order valence-corrected chi connectivity index (χ4v) is 9.73. The number of aromatic nitrogens is 3. The Morgan fingerprint density at radius 3 is 2.45 bits per heavy atom. The van der Waals surface area contributed by atoms with E-state index in [2.05, 4.69) is 24.7 Å². The number of hydrogen-bond acceptors (Lipinski definition) is 12. The molecule has 0 spiro atoms. The Balaban J connectivity index is 0.000000379. The number of anilines is 2. The van der Waals surface area contributed by atoms with Crippen molar-refractivity contribution in [1.29, 1.82) is 5.26 Å². The molecule has 0 amide bonds. The fraction of sp³-hybridized carbons (Fsp3) is 0.543. The number of hydrogen-bond donors (Lipinski definition) is 2. The Bertz CT molecular complexity index is 1950. The maximum Gasteiger partial charge on any atom is 0.318 e. The number of aliphatic hydroxyl groups excluding tert-OH is 1. The average molecular weight is 691 g/mol. The summed E-state index contributed by atoms with van der Waals surface area (Å²) in [6.07, 6.45) is 8.39. The van der Waals surface area contributed by atoms with Gasteiger partial charge < -0.3 is 30.1 Å². The fourth-order valence-electron chi connectivity index (χ4n) is 8.81. The zero-order valence-electron chi connectivity index (χ0n) is 27.7. The van der Waals surface area contributed by atoms with Gasteiger partial charge in [-0.05, 0) is 69.7 Å². The van der Waals surface area contributed by atoms with Gasteiger partial charge >= 0.3 is 6.01 Å². The summed E-state index contributed by atoms with van der Waals surface area (Å²) in [5.41, 5.74) is 7.71. The molecule has 8 heterocycles. The van der Waals surface area contributed by atoms with Crippen molar-refractivity contribution >= 4 is 43.1 Å². The molecule has 258 valence electrons. The molecule has 5 aliphatic heterocycles. The third-order valence-corrected chi connectivity index (χ3v) is 11.8. The Labute approximate surface area is 287 Å². The number of methoxy groups -OCH3 is 1. The smallest absolute Gasteiger partial charge is 0.318 e. The summed E-state index contributed by atoms with van der Waals surface area (Å²) in [6.45, 7) is 6.99. The molecule has 3 unspecified atom stereocenters. The number of nitriles is 1. The maximum atomic E-state index is 16.9. The second kappa shape index (κ2) is 12.9. The molecule has 4 saturated heterocycles.